The van der Waals surface area contributed by atoms with Crippen molar-refractivity contribution < 1.29 is 13.9 Å². The molecule has 1 aliphatic rings. The molecule has 0 unspecified atom stereocenters. The summed E-state index contributed by atoms with van der Waals surface area (Å²) < 4.78 is 20.1. The van der Waals surface area contributed by atoms with Gasteiger partial charge in [-0.2, -0.15) is 0 Å². The molecule has 28 heavy (non-hydrogen) atoms. The predicted molar refractivity (Wildman–Crippen MR) is 109 cm³/mol. The Labute approximate surface area is 168 Å². The number of ether oxygens (including phenoxy) is 1. The van der Waals surface area contributed by atoms with Gasteiger partial charge < -0.3 is 9.64 Å². The molecule has 1 aromatic heterocycles. The minimum atomic E-state index is -0.265. The number of nitrogens with zero attached hydrogens (tertiary/aromatic N) is 2. The summed E-state index contributed by atoms with van der Waals surface area (Å²) in [6, 6.07) is 10.8. The molecular formula is C22H23FN2O2S. The first-order valence-corrected chi connectivity index (χ1v) is 10.4. The molecule has 146 valence electrons. The number of hydrogen-bond donors (Lipinski definition) is 0. The topological polar surface area (TPSA) is 42.4 Å². The van der Waals surface area contributed by atoms with Crippen LogP contribution in [-0.2, 0) is 11.2 Å². The maximum Gasteiger partial charge on any atom is 0.274 e. The van der Waals surface area contributed by atoms with Crippen LogP contribution in [0.3, 0.4) is 0 Å². The molecule has 6 heteroatoms. The summed E-state index contributed by atoms with van der Waals surface area (Å²) in [5.74, 6) is -0.0980. The maximum atomic E-state index is 13.3. The number of fused-ring (bicyclic) bond motifs is 1. The van der Waals surface area contributed by atoms with Crippen LogP contribution < -0.4 is 4.74 Å². The summed E-state index contributed by atoms with van der Waals surface area (Å²) in [4.78, 5) is 19.0. The standard InChI is InChI=1S/C22H23FN2O2S/c1-14-3-4-16(15(2)11-14)12-21(26)25-9-7-18(8-10-25)27-22-24-19-6-5-17(23)13-20(19)28-22/h3-6,11,13,18H,7-10,12H2,1-2H3. The van der Waals surface area contributed by atoms with E-state index in [1.165, 1.54) is 34.6 Å². The molecule has 0 bridgehead atoms. The number of benzene rings is 2. The number of hydrogen-bond acceptors (Lipinski definition) is 4. The van der Waals surface area contributed by atoms with Gasteiger partial charge in [-0.1, -0.05) is 35.1 Å². The Morgan fingerprint density at radius 3 is 2.75 bits per heavy atom. The van der Waals surface area contributed by atoms with Crippen molar-refractivity contribution in [3.8, 4) is 5.19 Å². The summed E-state index contributed by atoms with van der Waals surface area (Å²) >= 11 is 1.36. The molecule has 4 rings (SSSR count). The lowest BCUT2D eigenvalue weighted by molar-refractivity contribution is -0.132. The fraction of sp³-hybridized carbons (Fsp3) is 0.364. The molecule has 1 saturated heterocycles. The van der Waals surface area contributed by atoms with Gasteiger partial charge in [0.05, 0.1) is 16.6 Å². The average Bonchev–Trinajstić information content (AvgIpc) is 3.06. The van der Waals surface area contributed by atoms with Gasteiger partial charge in [-0.3, -0.25) is 4.79 Å². The maximum absolute atomic E-state index is 13.3. The van der Waals surface area contributed by atoms with E-state index in [4.69, 9.17) is 4.74 Å². The Hall–Kier alpha value is -2.47. The first-order valence-electron chi connectivity index (χ1n) is 9.54. The third-order valence-corrected chi connectivity index (χ3v) is 6.14. The Balaban J connectivity index is 1.32. The zero-order valence-electron chi connectivity index (χ0n) is 16.1. The Morgan fingerprint density at radius 1 is 1.21 bits per heavy atom. The number of thiazole rings is 1. The highest BCUT2D eigenvalue weighted by atomic mass is 32.1. The molecule has 2 aromatic carbocycles. The highest BCUT2D eigenvalue weighted by molar-refractivity contribution is 7.20. The molecule has 2 heterocycles. The molecule has 1 aliphatic heterocycles. The highest BCUT2D eigenvalue weighted by Gasteiger charge is 2.25. The zero-order valence-corrected chi connectivity index (χ0v) is 16.9. The normalized spacial score (nSPS) is 15.2. The fourth-order valence-corrected chi connectivity index (χ4v) is 4.52. The first-order chi connectivity index (χ1) is 13.5. The Bertz CT molecular complexity index is 1010. The van der Waals surface area contributed by atoms with Crippen LogP contribution in [0.1, 0.15) is 29.5 Å². The lowest BCUT2D eigenvalue weighted by Gasteiger charge is -2.31. The van der Waals surface area contributed by atoms with Crippen molar-refractivity contribution in [3.63, 3.8) is 0 Å². The van der Waals surface area contributed by atoms with Crippen LogP contribution in [0.15, 0.2) is 36.4 Å². The number of likely N-dealkylation sites (tertiary alicyclic amines) is 1. The summed E-state index contributed by atoms with van der Waals surface area (Å²) in [5, 5.41) is 0.570. The molecule has 4 nitrogen and oxygen atoms in total. The Kier molecular flexibility index (Phi) is 5.31. The van der Waals surface area contributed by atoms with Crippen LogP contribution in [0.4, 0.5) is 4.39 Å². The second kappa shape index (κ2) is 7.87. The van der Waals surface area contributed by atoms with Gasteiger partial charge in [-0.15, -0.1) is 0 Å². The van der Waals surface area contributed by atoms with Gasteiger partial charge >= 0.3 is 0 Å². The van der Waals surface area contributed by atoms with Crippen LogP contribution in [0.2, 0.25) is 0 Å². The van der Waals surface area contributed by atoms with E-state index in [2.05, 4.69) is 31.0 Å². The SMILES string of the molecule is Cc1ccc(CC(=O)N2CCC(Oc3nc4ccc(F)cc4s3)CC2)c(C)c1. The largest absolute Gasteiger partial charge is 0.467 e. The van der Waals surface area contributed by atoms with Crippen LogP contribution in [0.25, 0.3) is 10.2 Å². The number of halogens is 1. The molecule has 1 amide bonds. The number of amides is 1. The minimum absolute atomic E-state index is 0.0376. The van der Waals surface area contributed by atoms with E-state index in [-0.39, 0.29) is 17.8 Å². The molecule has 0 radical (unpaired) electrons. The van der Waals surface area contributed by atoms with Gasteiger partial charge in [0.15, 0.2) is 0 Å². The van der Waals surface area contributed by atoms with Gasteiger partial charge in [0.25, 0.3) is 5.19 Å². The number of carbonyl (C=O) groups is 1. The molecule has 0 saturated carbocycles. The average molecular weight is 399 g/mol. The molecule has 0 spiro atoms. The quantitative estimate of drug-likeness (QED) is 0.642. The van der Waals surface area contributed by atoms with Crippen molar-refractivity contribution in [2.24, 2.45) is 0 Å². The van der Waals surface area contributed by atoms with E-state index in [0.717, 1.165) is 28.6 Å². The third-order valence-electron chi connectivity index (χ3n) is 5.23. The molecule has 3 aromatic rings. The Morgan fingerprint density at radius 2 is 2.00 bits per heavy atom. The third kappa shape index (κ3) is 4.17. The molecular weight excluding hydrogens is 375 g/mol. The molecule has 0 aliphatic carbocycles. The summed E-state index contributed by atoms with van der Waals surface area (Å²) in [7, 11) is 0. The van der Waals surface area contributed by atoms with Crippen molar-refractivity contribution in [1.82, 2.24) is 9.88 Å². The van der Waals surface area contributed by atoms with Crippen molar-refractivity contribution in [2.45, 2.75) is 39.2 Å². The van der Waals surface area contributed by atoms with Crippen LogP contribution >= 0.6 is 11.3 Å². The molecule has 1 fully saturated rings. The lowest BCUT2D eigenvalue weighted by atomic mass is 10.0. The second-order valence-corrected chi connectivity index (χ2v) is 8.39. The molecule has 0 N–H and O–H groups in total. The van der Waals surface area contributed by atoms with E-state index in [9.17, 15) is 9.18 Å². The van der Waals surface area contributed by atoms with Crippen LogP contribution in [0.5, 0.6) is 5.19 Å². The van der Waals surface area contributed by atoms with Gasteiger partial charge in [0, 0.05) is 25.9 Å². The van der Waals surface area contributed by atoms with E-state index in [1.807, 2.05) is 11.0 Å². The van der Waals surface area contributed by atoms with E-state index in [0.29, 0.717) is 24.7 Å². The fourth-order valence-electron chi connectivity index (χ4n) is 3.61. The summed E-state index contributed by atoms with van der Waals surface area (Å²) in [6.07, 6.45) is 2.04. The van der Waals surface area contributed by atoms with Crippen molar-refractivity contribution in [2.75, 3.05) is 13.1 Å². The number of piperidine rings is 1. The van der Waals surface area contributed by atoms with Gasteiger partial charge in [0.1, 0.15) is 11.9 Å². The zero-order chi connectivity index (χ0) is 19.7. The number of carbonyl (C=O) groups excluding carboxylic acids is 1. The number of rotatable bonds is 4. The smallest absolute Gasteiger partial charge is 0.274 e. The van der Waals surface area contributed by atoms with E-state index >= 15 is 0 Å². The van der Waals surface area contributed by atoms with Gasteiger partial charge in [-0.05, 0) is 43.2 Å². The minimum Gasteiger partial charge on any atom is -0.467 e. The van der Waals surface area contributed by atoms with Crippen molar-refractivity contribution in [1.29, 1.82) is 0 Å². The lowest BCUT2D eigenvalue weighted by Crippen LogP contribution is -2.42. The van der Waals surface area contributed by atoms with Crippen LogP contribution in [0, 0.1) is 19.7 Å². The van der Waals surface area contributed by atoms with Crippen LogP contribution in [-0.4, -0.2) is 35.0 Å². The van der Waals surface area contributed by atoms with Gasteiger partial charge in [-0.25, -0.2) is 9.37 Å². The number of aryl methyl sites for hydroxylation is 2. The number of aromatic nitrogens is 1. The summed E-state index contributed by atoms with van der Waals surface area (Å²) in [5.41, 5.74) is 4.22. The highest BCUT2D eigenvalue weighted by Crippen LogP contribution is 2.30. The van der Waals surface area contributed by atoms with E-state index in [1.54, 1.807) is 6.07 Å². The predicted octanol–water partition coefficient (Wildman–Crippen LogP) is 4.66. The van der Waals surface area contributed by atoms with Gasteiger partial charge in [0.2, 0.25) is 5.91 Å². The molecule has 0 atom stereocenters. The van der Waals surface area contributed by atoms with Crippen molar-refractivity contribution >= 4 is 27.5 Å². The monoisotopic (exact) mass is 398 g/mol. The summed E-state index contributed by atoms with van der Waals surface area (Å²) in [6.45, 7) is 5.49. The second-order valence-electron chi connectivity index (χ2n) is 7.40. The first kappa shape index (κ1) is 18.9. The van der Waals surface area contributed by atoms with E-state index < -0.39 is 0 Å². The van der Waals surface area contributed by atoms with Crippen molar-refractivity contribution in [3.05, 3.63) is 58.9 Å².